The highest BCUT2D eigenvalue weighted by Gasteiger charge is 2.37. The van der Waals surface area contributed by atoms with Crippen LogP contribution in [0.25, 0.3) is 0 Å². The summed E-state index contributed by atoms with van der Waals surface area (Å²) in [5.41, 5.74) is 1.00. The topological polar surface area (TPSA) is 69.7 Å². The molecule has 32 heavy (non-hydrogen) atoms. The maximum absolute atomic E-state index is 13.2. The molecule has 1 heterocycles. The van der Waals surface area contributed by atoms with E-state index in [2.05, 4.69) is 5.32 Å². The second-order valence-corrected chi connectivity index (χ2v) is 9.73. The number of nitrogens with zero attached hydrogens (tertiary/aromatic N) is 2. The predicted octanol–water partition coefficient (Wildman–Crippen LogP) is 3.68. The summed E-state index contributed by atoms with van der Waals surface area (Å²) in [6, 6.07) is 9.63. The Morgan fingerprint density at radius 1 is 0.906 bits per heavy atom. The van der Waals surface area contributed by atoms with Crippen LogP contribution in [-0.4, -0.2) is 53.7 Å². The number of benzene rings is 1. The molecule has 1 aromatic carbocycles. The molecule has 0 spiro atoms. The van der Waals surface area contributed by atoms with E-state index in [4.69, 9.17) is 0 Å². The van der Waals surface area contributed by atoms with Crippen molar-refractivity contribution in [2.75, 3.05) is 26.2 Å². The highest BCUT2D eigenvalue weighted by Crippen LogP contribution is 2.35. The van der Waals surface area contributed by atoms with Gasteiger partial charge in [0.25, 0.3) is 0 Å². The average molecular weight is 440 g/mol. The predicted molar refractivity (Wildman–Crippen MR) is 124 cm³/mol. The molecule has 6 heteroatoms. The van der Waals surface area contributed by atoms with E-state index >= 15 is 0 Å². The third-order valence-corrected chi connectivity index (χ3v) is 7.22. The van der Waals surface area contributed by atoms with Gasteiger partial charge in [-0.3, -0.25) is 14.4 Å². The summed E-state index contributed by atoms with van der Waals surface area (Å²) in [6.45, 7) is 2.23. The Morgan fingerprint density at radius 2 is 1.66 bits per heavy atom. The average Bonchev–Trinajstić information content (AvgIpc) is 3.65. The van der Waals surface area contributed by atoms with Crippen molar-refractivity contribution in [1.29, 1.82) is 0 Å². The smallest absolute Gasteiger partial charge is 0.226 e. The molecule has 1 N–H and O–H groups in total. The molecule has 2 saturated carbocycles. The maximum atomic E-state index is 13.2. The first kappa shape index (κ1) is 22.8. The fourth-order valence-corrected chi connectivity index (χ4v) is 5.21. The van der Waals surface area contributed by atoms with Gasteiger partial charge in [0.1, 0.15) is 0 Å². The highest BCUT2D eigenvalue weighted by molar-refractivity contribution is 5.83. The van der Waals surface area contributed by atoms with Crippen molar-refractivity contribution < 1.29 is 14.4 Å². The van der Waals surface area contributed by atoms with E-state index in [9.17, 15) is 14.4 Å². The quantitative estimate of drug-likeness (QED) is 0.778. The molecule has 3 fully saturated rings. The third kappa shape index (κ3) is 6.11. The zero-order valence-electron chi connectivity index (χ0n) is 19.1. The van der Waals surface area contributed by atoms with Crippen molar-refractivity contribution in [3.8, 4) is 0 Å². The van der Waals surface area contributed by atoms with E-state index in [1.807, 2.05) is 40.1 Å². The van der Waals surface area contributed by atoms with E-state index in [0.717, 1.165) is 37.7 Å². The molecule has 3 amide bonds. The Labute approximate surface area is 191 Å². The van der Waals surface area contributed by atoms with Crippen molar-refractivity contribution in [1.82, 2.24) is 15.1 Å². The molecule has 1 aromatic rings. The zero-order valence-corrected chi connectivity index (χ0v) is 19.1. The van der Waals surface area contributed by atoms with Gasteiger partial charge in [0, 0.05) is 38.5 Å². The lowest BCUT2D eigenvalue weighted by Crippen LogP contribution is -2.40. The van der Waals surface area contributed by atoms with Crippen molar-refractivity contribution in [2.24, 2.45) is 11.8 Å². The van der Waals surface area contributed by atoms with Crippen LogP contribution < -0.4 is 5.32 Å². The van der Waals surface area contributed by atoms with Gasteiger partial charge in [-0.15, -0.1) is 0 Å². The first-order valence-electron chi connectivity index (χ1n) is 12.5. The van der Waals surface area contributed by atoms with E-state index in [-0.39, 0.29) is 36.1 Å². The molecule has 1 atom stereocenters. The number of rotatable bonds is 4. The normalized spacial score (nSPS) is 23.9. The van der Waals surface area contributed by atoms with Gasteiger partial charge in [-0.2, -0.15) is 0 Å². The van der Waals surface area contributed by atoms with Gasteiger partial charge >= 0.3 is 0 Å². The molecule has 2 aliphatic carbocycles. The number of carbonyl (C=O) groups is 3. The summed E-state index contributed by atoms with van der Waals surface area (Å²) in [7, 11) is 0. The second kappa shape index (κ2) is 11.0. The Bertz CT molecular complexity index is 787. The zero-order chi connectivity index (χ0) is 22.3. The van der Waals surface area contributed by atoms with Crippen LogP contribution in [0.1, 0.15) is 75.8 Å². The Balaban J connectivity index is 1.47. The summed E-state index contributed by atoms with van der Waals surface area (Å²) >= 11 is 0. The molecule has 1 aliphatic heterocycles. The maximum Gasteiger partial charge on any atom is 0.226 e. The van der Waals surface area contributed by atoms with Crippen LogP contribution in [0, 0.1) is 11.8 Å². The summed E-state index contributed by atoms with van der Waals surface area (Å²) < 4.78 is 0. The monoisotopic (exact) mass is 439 g/mol. The van der Waals surface area contributed by atoms with Crippen LogP contribution in [0.15, 0.2) is 30.3 Å². The van der Waals surface area contributed by atoms with Gasteiger partial charge in [0.2, 0.25) is 17.7 Å². The number of nitrogens with one attached hydrogen (secondary N) is 1. The largest absolute Gasteiger partial charge is 0.354 e. The molecular formula is C26H37N3O3. The summed E-state index contributed by atoms with van der Waals surface area (Å²) in [5.74, 6) is 0.892. The second-order valence-electron chi connectivity index (χ2n) is 9.73. The lowest BCUT2D eigenvalue weighted by Gasteiger charge is -2.32. The van der Waals surface area contributed by atoms with Gasteiger partial charge in [0.05, 0.1) is 12.5 Å². The third-order valence-electron chi connectivity index (χ3n) is 7.22. The van der Waals surface area contributed by atoms with Gasteiger partial charge in [-0.25, -0.2) is 0 Å². The molecule has 0 aromatic heterocycles. The molecular weight excluding hydrogens is 402 g/mol. The Hall–Kier alpha value is -2.37. The highest BCUT2D eigenvalue weighted by atomic mass is 16.2. The van der Waals surface area contributed by atoms with Crippen LogP contribution in [0.3, 0.4) is 0 Å². The number of hydrogen-bond acceptors (Lipinski definition) is 3. The summed E-state index contributed by atoms with van der Waals surface area (Å²) in [4.78, 5) is 42.9. The number of amides is 3. The van der Waals surface area contributed by atoms with Gasteiger partial charge in [-0.05, 0) is 43.6 Å². The standard InChI is InChI=1S/C26H37N3O3/c30-24-19-23(21-10-5-2-6-11-21)29(26(32)22-12-13-22)16-7-15-28(17-14-27-24)25(31)18-20-8-3-1-4-9-20/h2,5-6,10-11,20,22-23H,1,3-4,7-9,12-19H2,(H,27,30). The lowest BCUT2D eigenvalue weighted by molar-refractivity contribution is -0.136. The van der Waals surface area contributed by atoms with Crippen molar-refractivity contribution in [3.63, 3.8) is 0 Å². The lowest BCUT2D eigenvalue weighted by atomic mass is 9.86. The van der Waals surface area contributed by atoms with E-state index in [0.29, 0.717) is 38.5 Å². The molecule has 0 bridgehead atoms. The molecule has 1 saturated heterocycles. The Morgan fingerprint density at radius 3 is 2.38 bits per heavy atom. The molecule has 6 nitrogen and oxygen atoms in total. The minimum absolute atomic E-state index is 0.0611. The van der Waals surface area contributed by atoms with E-state index < -0.39 is 0 Å². The SMILES string of the molecule is O=C1CC(c2ccccc2)N(C(=O)C2CC2)CCCN(C(=O)CC2CCCCC2)CCN1. The van der Waals surface area contributed by atoms with Crippen LogP contribution in [0.5, 0.6) is 0 Å². The molecule has 3 aliphatic rings. The van der Waals surface area contributed by atoms with Crippen LogP contribution >= 0.6 is 0 Å². The van der Waals surface area contributed by atoms with Crippen LogP contribution in [0.4, 0.5) is 0 Å². The first-order valence-corrected chi connectivity index (χ1v) is 12.5. The first-order chi connectivity index (χ1) is 15.6. The Kier molecular flexibility index (Phi) is 7.82. The minimum atomic E-state index is -0.256. The number of carbonyl (C=O) groups excluding carboxylic acids is 3. The van der Waals surface area contributed by atoms with Crippen molar-refractivity contribution in [2.45, 2.75) is 70.3 Å². The van der Waals surface area contributed by atoms with Crippen LogP contribution in [0.2, 0.25) is 0 Å². The van der Waals surface area contributed by atoms with Crippen molar-refractivity contribution >= 4 is 17.7 Å². The van der Waals surface area contributed by atoms with Crippen molar-refractivity contribution in [3.05, 3.63) is 35.9 Å². The van der Waals surface area contributed by atoms with E-state index in [1.54, 1.807) is 0 Å². The van der Waals surface area contributed by atoms with Gasteiger partial charge < -0.3 is 15.1 Å². The summed E-state index contributed by atoms with van der Waals surface area (Å²) in [6.07, 6.45) is 9.55. The van der Waals surface area contributed by atoms with Gasteiger partial charge in [-0.1, -0.05) is 49.6 Å². The fourth-order valence-electron chi connectivity index (χ4n) is 5.21. The number of hydrogen-bond donors (Lipinski definition) is 1. The molecule has 4 rings (SSSR count). The van der Waals surface area contributed by atoms with E-state index in [1.165, 1.54) is 19.3 Å². The molecule has 0 radical (unpaired) electrons. The van der Waals surface area contributed by atoms with Gasteiger partial charge in [0.15, 0.2) is 0 Å². The fraction of sp³-hybridized carbons (Fsp3) is 0.654. The molecule has 174 valence electrons. The molecule has 1 unspecified atom stereocenters. The summed E-state index contributed by atoms with van der Waals surface area (Å²) in [5, 5.41) is 3.00. The minimum Gasteiger partial charge on any atom is -0.354 e. The van der Waals surface area contributed by atoms with Crippen LogP contribution in [-0.2, 0) is 14.4 Å².